The molecule has 0 saturated heterocycles. The summed E-state index contributed by atoms with van der Waals surface area (Å²) >= 11 is 7.64. The number of thiazole rings is 1. The molecule has 3 rings (SSSR count). The fourth-order valence-corrected chi connectivity index (χ4v) is 3.64. The molecule has 5 nitrogen and oxygen atoms in total. The van der Waals surface area contributed by atoms with E-state index < -0.39 is 0 Å². The van der Waals surface area contributed by atoms with Gasteiger partial charge in [-0.1, -0.05) is 29.8 Å². The van der Waals surface area contributed by atoms with Crippen LogP contribution in [0.5, 0.6) is 11.5 Å². The zero-order chi connectivity index (χ0) is 19.2. The minimum atomic E-state index is -0.365. The van der Waals surface area contributed by atoms with Gasteiger partial charge in [-0.25, -0.2) is 4.98 Å². The fraction of sp³-hybridized carbons (Fsp3) is 0.200. The number of hydrogen-bond donors (Lipinski definition) is 0. The van der Waals surface area contributed by atoms with E-state index in [1.165, 1.54) is 11.3 Å². The van der Waals surface area contributed by atoms with Gasteiger partial charge < -0.3 is 14.2 Å². The maximum absolute atomic E-state index is 12.2. The zero-order valence-electron chi connectivity index (χ0n) is 14.9. The highest BCUT2D eigenvalue weighted by molar-refractivity contribution is 7.13. The number of benzene rings is 2. The Morgan fingerprint density at radius 3 is 2.70 bits per heavy atom. The van der Waals surface area contributed by atoms with Gasteiger partial charge >= 0.3 is 5.97 Å². The molecule has 0 aliphatic rings. The molecule has 0 aliphatic carbocycles. The molecule has 2 aromatic carbocycles. The van der Waals surface area contributed by atoms with E-state index in [1.54, 1.807) is 32.4 Å². The molecule has 7 heteroatoms. The van der Waals surface area contributed by atoms with Crippen LogP contribution in [0.4, 0.5) is 0 Å². The molecule has 0 bridgehead atoms. The Labute approximate surface area is 166 Å². The predicted octanol–water partition coefficient (Wildman–Crippen LogP) is 4.77. The highest BCUT2D eigenvalue weighted by Gasteiger charge is 2.13. The second-order valence-corrected chi connectivity index (χ2v) is 6.90. The third-order valence-electron chi connectivity index (χ3n) is 3.86. The topological polar surface area (TPSA) is 57.7 Å². The van der Waals surface area contributed by atoms with E-state index in [9.17, 15) is 4.79 Å². The Kier molecular flexibility index (Phi) is 6.32. The Balaban J connectivity index is 1.63. The second-order valence-electron chi connectivity index (χ2n) is 5.64. The van der Waals surface area contributed by atoms with Gasteiger partial charge in [-0.05, 0) is 24.3 Å². The van der Waals surface area contributed by atoms with Crippen LogP contribution in [-0.4, -0.2) is 25.2 Å². The lowest BCUT2D eigenvalue weighted by molar-refractivity contribution is -0.144. The minimum absolute atomic E-state index is 0.0905. The van der Waals surface area contributed by atoms with E-state index in [4.69, 9.17) is 25.8 Å². The van der Waals surface area contributed by atoms with Gasteiger partial charge in [-0.2, -0.15) is 0 Å². The molecular weight excluding hydrogens is 386 g/mol. The molecule has 0 N–H and O–H groups in total. The molecule has 0 spiro atoms. The number of aromatic nitrogens is 1. The molecule has 0 saturated carbocycles. The van der Waals surface area contributed by atoms with Crippen molar-refractivity contribution in [2.24, 2.45) is 0 Å². The lowest BCUT2D eigenvalue weighted by Gasteiger charge is -2.10. The maximum Gasteiger partial charge on any atom is 0.312 e. The zero-order valence-corrected chi connectivity index (χ0v) is 16.5. The minimum Gasteiger partial charge on any atom is -0.497 e. The summed E-state index contributed by atoms with van der Waals surface area (Å²) in [4.78, 5) is 16.7. The number of ether oxygens (including phenoxy) is 3. The average molecular weight is 404 g/mol. The van der Waals surface area contributed by atoms with E-state index in [1.807, 2.05) is 29.6 Å². The summed E-state index contributed by atoms with van der Waals surface area (Å²) in [6, 6.07) is 12.8. The summed E-state index contributed by atoms with van der Waals surface area (Å²) in [7, 11) is 3.15. The van der Waals surface area contributed by atoms with Crippen LogP contribution in [0.25, 0.3) is 10.6 Å². The monoisotopic (exact) mass is 403 g/mol. The number of carbonyl (C=O) groups is 1. The fourth-order valence-electron chi connectivity index (χ4n) is 2.50. The van der Waals surface area contributed by atoms with Gasteiger partial charge in [0, 0.05) is 16.5 Å². The van der Waals surface area contributed by atoms with E-state index in [0.29, 0.717) is 22.2 Å². The summed E-state index contributed by atoms with van der Waals surface area (Å²) in [6.07, 6.45) is 0.0905. The molecule has 0 unspecified atom stereocenters. The van der Waals surface area contributed by atoms with Gasteiger partial charge in [-0.3, -0.25) is 4.79 Å². The van der Waals surface area contributed by atoms with Crippen molar-refractivity contribution in [2.75, 3.05) is 14.2 Å². The Bertz CT molecular complexity index is 941. The van der Waals surface area contributed by atoms with E-state index >= 15 is 0 Å². The van der Waals surface area contributed by atoms with Crippen molar-refractivity contribution >= 4 is 28.9 Å². The normalized spacial score (nSPS) is 10.5. The third-order valence-corrected chi connectivity index (χ3v) is 5.11. The lowest BCUT2D eigenvalue weighted by atomic mass is 10.2. The van der Waals surface area contributed by atoms with Crippen LogP contribution in [0, 0.1) is 0 Å². The number of nitrogens with zero attached hydrogens (tertiary/aromatic N) is 1. The quantitative estimate of drug-likeness (QED) is 0.532. The number of carbonyl (C=O) groups excluding carboxylic acids is 1. The number of halogens is 1. The molecule has 1 aromatic heterocycles. The van der Waals surface area contributed by atoms with Crippen molar-refractivity contribution in [3.63, 3.8) is 0 Å². The van der Waals surface area contributed by atoms with Crippen LogP contribution in [0.1, 0.15) is 11.3 Å². The molecule has 140 valence electrons. The third kappa shape index (κ3) is 4.78. The molecule has 0 aliphatic heterocycles. The summed E-state index contributed by atoms with van der Waals surface area (Å²) in [5, 5.41) is 3.25. The smallest absolute Gasteiger partial charge is 0.312 e. The highest BCUT2D eigenvalue weighted by Crippen LogP contribution is 2.30. The number of esters is 1. The summed E-state index contributed by atoms with van der Waals surface area (Å²) < 4.78 is 15.9. The first kappa shape index (κ1) is 19.2. The van der Waals surface area contributed by atoms with Gasteiger partial charge in [0.2, 0.25) is 0 Å². The average Bonchev–Trinajstić information content (AvgIpc) is 3.14. The van der Waals surface area contributed by atoms with E-state index in [-0.39, 0.29) is 19.0 Å². The van der Waals surface area contributed by atoms with Crippen LogP contribution >= 0.6 is 22.9 Å². The van der Waals surface area contributed by atoms with Crippen LogP contribution in [-0.2, 0) is 22.6 Å². The first-order valence-electron chi connectivity index (χ1n) is 8.16. The van der Waals surface area contributed by atoms with Gasteiger partial charge in [-0.15, -0.1) is 11.3 Å². The number of methoxy groups -OCH3 is 2. The first-order chi connectivity index (χ1) is 13.1. The SMILES string of the molecule is COc1ccc(OC)c(COC(=O)Cc2csc(-c3ccccc3Cl)n2)c1. The van der Waals surface area contributed by atoms with Crippen molar-refractivity contribution in [3.8, 4) is 22.1 Å². The Hall–Kier alpha value is -2.57. The van der Waals surface area contributed by atoms with Crippen molar-refractivity contribution in [2.45, 2.75) is 13.0 Å². The number of hydrogen-bond acceptors (Lipinski definition) is 6. The van der Waals surface area contributed by atoms with Crippen molar-refractivity contribution < 1.29 is 19.0 Å². The number of rotatable bonds is 7. The molecule has 0 amide bonds. The van der Waals surface area contributed by atoms with Gasteiger partial charge in [0.1, 0.15) is 23.1 Å². The van der Waals surface area contributed by atoms with Crippen LogP contribution in [0.15, 0.2) is 47.8 Å². The van der Waals surface area contributed by atoms with Gasteiger partial charge in [0.05, 0.1) is 31.4 Å². The molecule has 0 fully saturated rings. The van der Waals surface area contributed by atoms with Crippen LogP contribution in [0.3, 0.4) is 0 Å². The van der Waals surface area contributed by atoms with Crippen molar-refractivity contribution in [3.05, 3.63) is 64.1 Å². The molecule has 0 atom stereocenters. The molecule has 0 radical (unpaired) electrons. The van der Waals surface area contributed by atoms with Crippen LogP contribution < -0.4 is 9.47 Å². The van der Waals surface area contributed by atoms with Crippen LogP contribution in [0.2, 0.25) is 5.02 Å². The lowest BCUT2D eigenvalue weighted by Crippen LogP contribution is -2.09. The summed E-state index contributed by atoms with van der Waals surface area (Å²) in [6.45, 7) is 0.0979. The summed E-state index contributed by atoms with van der Waals surface area (Å²) in [5.41, 5.74) is 2.24. The van der Waals surface area contributed by atoms with Gasteiger partial charge in [0.15, 0.2) is 0 Å². The Morgan fingerprint density at radius 1 is 1.15 bits per heavy atom. The molecule has 27 heavy (non-hydrogen) atoms. The molecule has 3 aromatic rings. The summed E-state index contributed by atoms with van der Waals surface area (Å²) in [5.74, 6) is 0.944. The van der Waals surface area contributed by atoms with E-state index in [2.05, 4.69) is 4.98 Å². The van der Waals surface area contributed by atoms with Crippen molar-refractivity contribution in [1.29, 1.82) is 0 Å². The standard InChI is InChI=1S/C20H18ClNO4S/c1-24-15-7-8-18(25-2)13(9-15)11-26-19(23)10-14-12-27-20(22-14)16-5-3-4-6-17(16)21/h3-9,12H,10-11H2,1-2H3. The molecule has 1 heterocycles. The first-order valence-corrected chi connectivity index (χ1v) is 9.42. The largest absolute Gasteiger partial charge is 0.497 e. The van der Waals surface area contributed by atoms with E-state index in [0.717, 1.165) is 16.1 Å². The highest BCUT2D eigenvalue weighted by atomic mass is 35.5. The second kappa shape index (κ2) is 8.88. The maximum atomic E-state index is 12.2. The van der Waals surface area contributed by atoms with Gasteiger partial charge in [0.25, 0.3) is 0 Å². The van der Waals surface area contributed by atoms with Crippen molar-refractivity contribution in [1.82, 2.24) is 4.98 Å². The molecular formula is C20H18ClNO4S. The predicted molar refractivity (Wildman–Crippen MR) is 106 cm³/mol. The Morgan fingerprint density at radius 2 is 1.96 bits per heavy atom.